The predicted octanol–water partition coefficient (Wildman–Crippen LogP) is 2.66. The zero-order valence-corrected chi connectivity index (χ0v) is 7.63. The largest absolute Gasteiger partial charge is 0.392 e. The van der Waals surface area contributed by atoms with Crippen molar-refractivity contribution in [2.75, 3.05) is 0 Å². The first-order valence-electron chi connectivity index (χ1n) is 4.87. The molecule has 0 bridgehead atoms. The van der Waals surface area contributed by atoms with Crippen molar-refractivity contribution < 1.29 is 5.11 Å². The molecule has 0 aromatic rings. The van der Waals surface area contributed by atoms with Gasteiger partial charge in [0.05, 0.1) is 6.10 Å². The van der Waals surface area contributed by atoms with Crippen LogP contribution >= 0.6 is 0 Å². The van der Waals surface area contributed by atoms with Gasteiger partial charge in [0.15, 0.2) is 0 Å². The summed E-state index contributed by atoms with van der Waals surface area (Å²) in [6, 6.07) is 0. The van der Waals surface area contributed by atoms with Crippen molar-refractivity contribution in [3.05, 3.63) is 18.4 Å². The molecule has 1 nitrogen and oxygen atoms in total. The Bertz CT molecular complexity index is 162. The van der Waals surface area contributed by atoms with Gasteiger partial charge in [0.2, 0.25) is 0 Å². The minimum atomic E-state index is -0.153. The molecule has 0 amide bonds. The SMILES string of the molecule is C=C=CC[C@@H](O)C1CCCCC1. The van der Waals surface area contributed by atoms with Crippen molar-refractivity contribution in [3.63, 3.8) is 0 Å². The Kier molecular flexibility index (Phi) is 4.13. The summed E-state index contributed by atoms with van der Waals surface area (Å²) in [5, 5.41) is 9.71. The maximum absolute atomic E-state index is 9.71. The highest BCUT2D eigenvalue weighted by molar-refractivity contribution is 4.83. The number of rotatable bonds is 3. The minimum absolute atomic E-state index is 0.153. The molecule has 1 rings (SSSR count). The van der Waals surface area contributed by atoms with Crippen LogP contribution in [0.2, 0.25) is 0 Å². The summed E-state index contributed by atoms with van der Waals surface area (Å²) in [5.41, 5.74) is 2.70. The third-order valence-corrected chi connectivity index (χ3v) is 2.70. The van der Waals surface area contributed by atoms with Crippen LogP contribution in [0.25, 0.3) is 0 Å². The first-order chi connectivity index (χ1) is 5.84. The summed E-state index contributed by atoms with van der Waals surface area (Å²) < 4.78 is 0. The van der Waals surface area contributed by atoms with Crippen LogP contribution in [0.1, 0.15) is 38.5 Å². The monoisotopic (exact) mass is 166 g/mol. The van der Waals surface area contributed by atoms with Gasteiger partial charge in [0.25, 0.3) is 0 Å². The molecule has 1 fully saturated rings. The van der Waals surface area contributed by atoms with E-state index in [0.717, 1.165) is 6.42 Å². The molecule has 1 saturated carbocycles. The van der Waals surface area contributed by atoms with Crippen molar-refractivity contribution in [1.82, 2.24) is 0 Å². The van der Waals surface area contributed by atoms with Gasteiger partial charge < -0.3 is 5.11 Å². The number of aliphatic hydroxyl groups excluding tert-OH is 1. The molecular formula is C11H18O. The second-order valence-corrected chi connectivity index (χ2v) is 3.61. The molecule has 0 aromatic heterocycles. The van der Waals surface area contributed by atoms with Crippen LogP contribution in [0.3, 0.4) is 0 Å². The summed E-state index contributed by atoms with van der Waals surface area (Å²) >= 11 is 0. The molecule has 1 aliphatic rings. The third-order valence-electron chi connectivity index (χ3n) is 2.70. The second kappa shape index (κ2) is 5.18. The lowest BCUT2D eigenvalue weighted by Gasteiger charge is -2.25. The molecule has 0 saturated heterocycles. The van der Waals surface area contributed by atoms with Crippen molar-refractivity contribution in [3.8, 4) is 0 Å². The fraction of sp³-hybridized carbons (Fsp3) is 0.727. The Balaban J connectivity index is 2.28. The fourth-order valence-electron chi connectivity index (χ4n) is 1.92. The Morgan fingerprint density at radius 2 is 2.08 bits per heavy atom. The number of hydrogen-bond donors (Lipinski definition) is 1. The molecule has 0 radical (unpaired) electrons. The lowest BCUT2D eigenvalue weighted by Crippen LogP contribution is -2.21. The first kappa shape index (κ1) is 9.57. The van der Waals surface area contributed by atoms with Crippen LogP contribution in [0.5, 0.6) is 0 Å². The van der Waals surface area contributed by atoms with Crippen LogP contribution < -0.4 is 0 Å². The molecule has 1 atom stereocenters. The van der Waals surface area contributed by atoms with Crippen molar-refractivity contribution in [1.29, 1.82) is 0 Å². The van der Waals surface area contributed by atoms with E-state index in [-0.39, 0.29) is 6.10 Å². The molecule has 1 N–H and O–H groups in total. The van der Waals surface area contributed by atoms with Gasteiger partial charge in [0.1, 0.15) is 0 Å². The van der Waals surface area contributed by atoms with Gasteiger partial charge in [-0.15, -0.1) is 5.73 Å². The van der Waals surface area contributed by atoms with E-state index in [2.05, 4.69) is 12.3 Å². The van der Waals surface area contributed by atoms with Crippen molar-refractivity contribution in [2.45, 2.75) is 44.6 Å². The van der Waals surface area contributed by atoms with E-state index in [4.69, 9.17) is 0 Å². The number of aliphatic hydroxyl groups is 1. The standard InChI is InChI=1S/C11H18O/c1-2-3-9-11(12)10-7-5-4-6-8-10/h3,10-12H,1,4-9H2/t11-/m1/s1. The highest BCUT2D eigenvalue weighted by atomic mass is 16.3. The van der Waals surface area contributed by atoms with Crippen LogP contribution in [0.4, 0.5) is 0 Å². The van der Waals surface area contributed by atoms with Crippen LogP contribution in [0, 0.1) is 5.92 Å². The molecule has 0 spiro atoms. The van der Waals surface area contributed by atoms with E-state index in [1.54, 1.807) is 0 Å². The Labute approximate surface area is 74.8 Å². The van der Waals surface area contributed by atoms with Gasteiger partial charge in [-0.25, -0.2) is 0 Å². The smallest absolute Gasteiger partial charge is 0.0608 e. The predicted molar refractivity (Wildman–Crippen MR) is 50.9 cm³/mol. The third kappa shape index (κ3) is 2.84. The summed E-state index contributed by atoms with van der Waals surface area (Å²) in [5.74, 6) is 0.531. The van der Waals surface area contributed by atoms with E-state index in [1.165, 1.54) is 32.1 Å². The summed E-state index contributed by atoms with van der Waals surface area (Å²) in [6.07, 6.45) is 8.74. The van der Waals surface area contributed by atoms with Crippen LogP contribution in [-0.2, 0) is 0 Å². The fourth-order valence-corrected chi connectivity index (χ4v) is 1.92. The maximum atomic E-state index is 9.71. The summed E-state index contributed by atoms with van der Waals surface area (Å²) in [6.45, 7) is 3.49. The molecule has 0 unspecified atom stereocenters. The van der Waals surface area contributed by atoms with E-state index in [1.807, 2.05) is 6.08 Å². The average molecular weight is 166 g/mol. The topological polar surface area (TPSA) is 20.2 Å². The van der Waals surface area contributed by atoms with E-state index < -0.39 is 0 Å². The molecule has 12 heavy (non-hydrogen) atoms. The van der Waals surface area contributed by atoms with Gasteiger partial charge in [-0.2, -0.15) is 0 Å². The lowest BCUT2D eigenvalue weighted by molar-refractivity contribution is 0.0874. The lowest BCUT2D eigenvalue weighted by atomic mass is 9.84. The highest BCUT2D eigenvalue weighted by Gasteiger charge is 2.20. The van der Waals surface area contributed by atoms with Gasteiger partial charge in [-0.1, -0.05) is 25.8 Å². The Morgan fingerprint density at radius 3 is 2.67 bits per heavy atom. The molecule has 0 aliphatic heterocycles. The summed E-state index contributed by atoms with van der Waals surface area (Å²) in [4.78, 5) is 0. The van der Waals surface area contributed by atoms with Gasteiger partial charge >= 0.3 is 0 Å². The van der Waals surface area contributed by atoms with Crippen molar-refractivity contribution in [2.24, 2.45) is 5.92 Å². The first-order valence-corrected chi connectivity index (χ1v) is 4.87. The average Bonchev–Trinajstić information content (AvgIpc) is 2.15. The zero-order valence-electron chi connectivity index (χ0n) is 7.63. The highest BCUT2D eigenvalue weighted by Crippen LogP contribution is 2.27. The van der Waals surface area contributed by atoms with Gasteiger partial charge in [-0.05, 0) is 31.3 Å². The molecule has 1 aliphatic carbocycles. The minimum Gasteiger partial charge on any atom is -0.392 e. The summed E-state index contributed by atoms with van der Waals surface area (Å²) in [7, 11) is 0. The molecule has 68 valence electrons. The number of hydrogen-bond acceptors (Lipinski definition) is 1. The Morgan fingerprint density at radius 1 is 1.42 bits per heavy atom. The maximum Gasteiger partial charge on any atom is 0.0608 e. The molecule has 1 heteroatoms. The molecule has 0 heterocycles. The quantitative estimate of drug-likeness (QED) is 0.639. The van der Waals surface area contributed by atoms with Gasteiger partial charge in [0, 0.05) is 0 Å². The van der Waals surface area contributed by atoms with Crippen LogP contribution in [-0.4, -0.2) is 11.2 Å². The van der Waals surface area contributed by atoms with Crippen molar-refractivity contribution >= 4 is 0 Å². The van der Waals surface area contributed by atoms with E-state index in [0.29, 0.717) is 5.92 Å². The molecule has 0 aromatic carbocycles. The zero-order chi connectivity index (χ0) is 8.81. The molecular weight excluding hydrogens is 148 g/mol. The van der Waals surface area contributed by atoms with E-state index >= 15 is 0 Å². The van der Waals surface area contributed by atoms with Gasteiger partial charge in [-0.3, -0.25) is 0 Å². The van der Waals surface area contributed by atoms with E-state index in [9.17, 15) is 5.11 Å². The second-order valence-electron chi connectivity index (χ2n) is 3.61. The Hall–Kier alpha value is -0.520. The normalized spacial score (nSPS) is 21.4. The van der Waals surface area contributed by atoms with Crippen LogP contribution in [0.15, 0.2) is 18.4 Å².